The van der Waals surface area contributed by atoms with E-state index in [1.165, 1.54) is 0 Å². The third kappa shape index (κ3) is 5.54. The molecule has 4 rings (SSSR count). The molecule has 0 radical (unpaired) electrons. The fourth-order valence-electron chi connectivity index (χ4n) is 4.85. The van der Waals surface area contributed by atoms with Gasteiger partial charge in [-0.15, -0.1) is 0 Å². The van der Waals surface area contributed by atoms with Gasteiger partial charge in [0.2, 0.25) is 11.8 Å². The molecule has 192 valence electrons. The predicted molar refractivity (Wildman–Crippen MR) is 135 cm³/mol. The van der Waals surface area contributed by atoms with Crippen molar-refractivity contribution in [1.29, 1.82) is 0 Å². The topological polar surface area (TPSA) is 88.2 Å². The van der Waals surface area contributed by atoms with Gasteiger partial charge in [-0.1, -0.05) is 44.2 Å². The van der Waals surface area contributed by atoms with E-state index in [0.717, 1.165) is 5.56 Å². The van der Waals surface area contributed by atoms with Crippen LogP contribution in [0.4, 0.5) is 0 Å². The lowest BCUT2D eigenvalue weighted by atomic mass is 9.96. The molecule has 1 spiro atoms. The zero-order valence-electron chi connectivity index (χ0n) is 21.2. The minimum absolute atomic E-state index is 0.0494. The Bertz CT molecular complexity index is 1060. The molecular formula is C28H35N3O5. The monoisotopic (exact) mass is 493 g/mol. The predicted octanol–water partition coefficient (Wildman–Crippen LogP) is 2.87. The number of rotatable bonds is 7. The number of carbonyl (C=O) groups is 3. The lowest BCUT2D eigenvalue weighted by molar-refractivity contribution is -0.143. The van der Waals surface area contributed by atoms with Crippen LogP contribution in [0, 0.1) is 5.92 Å². The first-order valence-corrected chi connectivity index (χ1v) is 12.5. The van der Waals surface area contributed by atoms with Gasteiger partial charge in [-0.05, 0) is 35.7 Å². The Morgan fingerprint density at radius 3 is 2.33 bits per heavy atom. The summed E-state index contributed by atoms with van der Waals surface area (Å²) < 4.78 is 11.5. The van der Waals surface area contributed by atoms with E-state index in [4.69, 9.17) is 9.47 Å². The normalized spacial score (nSPS) is 18.9. The molecule has 0 aromatic heterocycles. The van der Waals surface area contributed by atoms with Gasteiger partial charge in [0.25, 0.3) is 5.91 Å². The van der Waals surface area contributed by atoms with Gasteiger partial charge < -0.3 is 19.7 Å². The minimum Gasteiger partial charge on any atom is -0.497 e. The molecule has 2 fully saturated rings. The fraction of sp³-hybridized carbons (Fsp3) is 0.464. The lowest BCUT2D eigenvalue weighted by Gasteiger charge is -2.44. The molecule has 0 unspecified atom stereocenters. The van der Waals surface area contributed by atoms with Gasteiger partial charge in [0.15, 0.2) is 0 Å². The van der Waals surface area contributed by atoms with E-state index in [2.05, 4.69) is 5.32 Å². The number of nitrogens with zero attached hydrogens (tertiary/aromatic N) is 2. The van der Waals surface area contributed by atoms with Crippen molar-refractivity contribution in [3.8, 4) is 5.75 Å². The molecule has 2 aromatic carbocycles. The van der Waals surface area contributed by atoms with E-state index in [-0.39, 0.29) is 30.2 Å². The van der Waals surface area contributed by atoms with Crippen molar-refractivity contribution >= 4 is 17.7 Å². The molecule has 2 aliphatic heterocycles. The second-order valence-corrected chi connectivity index (χ2v) is 9.86. The Morgan fingerprint density at radius 1 is 1.06 bits per heavy atom. The third-order valence-electron chi connectivity index (χ3n) is 6.90. The Morgan fingerprint density at radius 2 is 1.72 bits per heavy atom. The highest BCUT2D eigenvalue weighted by Crippen LogP contribution is 2.38. The maximum atomic E-state index is 13.8. The highest BCUT2D eigenvalue weighted by atomic mass is 16.5. The van der Waals surface area contributed by atoms with Crippen LogP contribution in [0.3, 0.4) is 0 Å². The average Bonchev–Trinajstić information content (AvgIpc) is 3.26. The van der Waals surface area contributed by atoms with Crippen LogP contribution in [0.2, 0.25) is 0 Å². The van der Waals surface area contributed by atoms with Gasteiger partial charge in [-0.2, -0.15) is 0 Å². The van der Waals surface area contributed by atoms with Crippen molar-refractivity contribution in [2.24, 2.45) is 5.92 Å². The summed E-state index contributed by atoms with van der Waals surface area (Å²) >= 11 is 0. The Kier molecular flexibility index (Phi) is 7.94. The van der Waals surface area contributed by atoms with Crippen molar-refractivity contribution in [2.45, 2.75) is 44.9 Å². The molecule has 2 aromatic rings. The van der Waals surface area contributed by atoms with E-state index < -0.39 is 11.8 Å². The second kappa shape index (κ2) is 11.1. The van der Waals surface area contributed by atoms with Crippen molar-refractivity contribution in [3.05, 3.63) is 65.7 Å². The van der Waals surface area contributed by atoms with Crippen molar-refractivity contribution in [3.63, 3.8) is 0 Å². The van der Waals surface area contributed by atoms with Crippen LogP contribution in [0.5, 0.6) is 5.75 Å². The van der Waals surface area contributed by atoms with E-state index in [1.807, 2.05) is 49.1 Å². The fourth-order valence-corrected chi connectivity index (χ4v) is 4.85. The summed E-state index contributed by atoms with van der Waals surface area (Å²) in [7, 11) is 1.57. The Balaban J connectivity index is 1.52. The van der Waals surface area contributed by atoms with E-state index in [0.29, 0.717) is 50.2 Å². The molecule has 8 heteroatoms. The highest BCUT2D eigenvalue weighted by molar-refractivity contribution is 5.98. The van der Waals surface area contributed by atoms with Crippen molar-refractivity contribution < 1.29 is 23.9 Å². The first-order valence-electron chi connectivity index (χ1n) is 12.5. The summed E-state index contributed by atoms with van der Waals surface area (Å²) in [5.74, 6) is 0.507. The molecule has 3 amide bonds. The number of likely N-dealkylation sites (tertiary alicyclic amines) is 1. The number of carbonyl (C=O) groups excluding carboxylic acids is 3. The molecule has 1 N–H and O–H groups in total. The standard InChI is InChI=1S/C28H35N3O5/c1-20(2)18-29-26(33)24-19-36-28(31(24)27(34)22-9-11-23(35-3)12-10-22)13-15-30(16-14-28)25(32)17-21-7-5-4-6-8-21/h4-12,20,24H,13-19H2,1-3H3,(H,29,33)/t24-/m1/s1. The van der Waals surface area contributed by atoms with Crippen molar-refractivity contribution in [2.75, 3.05) is 33.4 Å². The van der Waals surface area contributed by atoms with Crippen LogP contribution < -0.4 is 10.1 Å². The number of benzene rings is 2. The number of piperidine rings is 1. The first-order chi connectivity index (χ1) is 17.3. The molecule has 8 nitrogen and oxygen atoms in total. The molecule has 36 heavy (non-hydrogen) atoms. The minimum atomic E-state index is -0.930. The van der Waals surface area contributed by atoms with Gasteiger partial charge >= 0.3 is 0 Å². The lowest BCUT2D eigenvalue weighted by Crippen LogP contribution is -2.60. The number of nitrogens with one attached hydrogen (secondary N) is 1. The van der Waals surface area contributed by atoms with Crippen LogP contribution in [0.1, 0.15) is 42.6 Å². The number of amides is 3. The third-order valence-corrected chi connectivity index (χ3v) is 6.90. The quantitative estimate of drug-likeness (QED) is 0.641. The van der Waals surface area contributed by atoms with Gasteiger partial charge in [-0.3, -0.25) is 19.3 Å². The van der Waals surface area contributed by atoms with E-state index in [1.54, 1.807) is 36.3 Å². The molecule has 2 saturated heterocycles. The first kappa shape index (κ1) is 25.7. The van der Waals surface area contributed by atoms with Crippen LogP contribution in [-0.4, -0.2) is 72.6 Å². The van der Waals surface area contributed by atoms with Gasteiger partial charge in [0.05, 0.1) is 20.1 Å². The molecular weight excluding hydrogens is 458 g/mol. The van der Waals surface area contributed by atoms with Crippen LogP contribution in [0.15, 0.2) is 54.6 Å². The van der Waals surface area contributed by atoms with Crippen LogP contribution in [-0.2, 0) is 20.7 Å². The zero-order chi connectivity index (χ0) is 25.7. The molecule has 2 heterocycles. The molecule has 0 bridgehead atoms. The molecule has 1 atom stereocenters. The zero-order valence-corrected chi connectivity index (χ0v) is 21.2. The van der Waals surface area contributed by atoms with E-state index >= 15 is 0 Å². The number of hydrogen-bond acceptors (Lipinski definition) is 5. The highest BCUT2D eigenvalue weighted by Gasteiger charge is 2.54. The second-order valence-electron chi connectivity index (χ2n) is 9.86. The van der Waals surface area contributed by atoms with Crippen molar-refractivity contribution in [1.82, 2.24) is 15.1 Å². The summed E-state index contributed by atoms with van der Waals surface area (Å²) in [6.07, 6.45) is 1.23. The van der Waals surface area contributed by atoms with Gasteiger partial charge in [-0.25, -0.2) is 0 Å². The number of methoxy groups -OCH3 is 1. The largest absolute Gasteiger partial charge is 0.497 e. The Hall–Kier alpha value is -3.39. The van der Waals surface area contributed by atoms with Gasteiger partial charge in [0, 0.05) is 38.0 Å². The van der Waals surface area contributed by atoms with Crippen LogP contribution >= 0.6 is 0 Å². The maximum Gasteiger partial charge on any atom is 0.256 e. The summed E-state index contributed by atoms with van der Waals surface area (Å²) in [5, 5.41) is 2.96. The van der Waals surface area contributed by atoms with Crippen LogP contribution in [0.25, 0.3) is 0 Å². The average molecular weight is 494 g/mol. The maximum absolute atomic E-state index is 13.8. The molecule has 0 aliphatic carbocycles. The SMILES string of the molecule is COc1ccc(C(=O)N2[C@@H](C(=O)NCC(C)C)COC23CCN(C(=O)Cc2ccccc2)CC3)cc1. The molecule has 2 aliphatic rings. The summed E-state index contributed by atoms with van der Waals surface area (Å²) in [5.41, 5.74) is 0.503. The number of hydrogen-bond donors (Lipinski definition) is 1. The Labute approximate surface area is 212 Å². The van der Waals surface area contributed by atoms with E-state index in [9.17, 15) is 14.4 Å². The van der Waals surface area contributed by atoms with Gasteiger partial charge in [0.1, 0.15) is 17.5 Å². The summed E-state index contributed by atoms with van der Waals surface area (Å²) in [6, 6.07) is 15.8. The summed E-state index contributed by atoms with van der Waals surface area (Å²) in [4.78, 5) is 43.3. The molecule has 0 saturated carbocycles. The number of ether oxygens (including phenoxy) is 2. The summed E-state index contributed by atoms with van der Waals surface area (Å²) in [6.45, 7) is 5.61. The smallest absolute Gasteiger partial charge is 0.256 e.